The van der Waals surface area contributed by atoms with Crippen molar-refractivity contribution >= 4 is 33.4 Å². The van der Waals surface area contributed by atoms with Crippen molar-refractivity contribution in [3.63, 3.8) is 0 Å². The molecule has 1 aliphatic carbocycles. The summed E-state index contributed by atoms with van der Waals surface area (Å²) < 4.78 is 26.5. The minimum atomic E-state index is -3.94. The van der Waals surface area contributed by atoms with Crippen LogP contribution in [0.2, 0.25) is 0 Å². The van der Waals surface area contributed by atoms with Crippen LogP contribution in [0.1, 0.15) is 33.6 Å². The maximum atomic E-state index is 12.8. The molecule has 3 amide bonds. The molecular formula is C23H24N4O5S. The van der Waals surface area contributed by atoms with Crippen LogP contribution >= 0.6 is 0 Å². The lowest BCUT2D eigenvalue weighted by atomic mass is 10.1. The zero-order chi connectivity index (χ0) is 23.2. The second-order valence-electron chi connectivity index (χ2n) is 8.43. The first kappa shape index (κ1) is 21.4. The number of sulfonamides is 1. The number of hydrogen-bond donors (Lipinski definition) is 1. The van der Waals surface area contributed by atoms with Gasteiger partial charge in [0.25, 0.3) is 21.8 Å². The smallest absolute Gasteiger partial charge is 0.269 e. The van der Waals surface area contributed by atoms with Crippen LogP contribution in [0.15, 0.2) is 53.4 Å². The van der Waals surface area contributed by atoms with E-state index in [1.165, 1.54) is 18.2 Å². The molecule has 2 aliphatic heterocycles. The van der Waals surface area contributed by atoms with Crippen molar-refractivity contribution in [2.45, 2.75) is 23.8 Å². The molecule has 5 rings (SSSR count). The fraction of sp³-hybridized carbons (Fsp3) is 0.348. The van der Waals surface area contributed by atoms with Gasteiger partial charge in [0.2, 0.25) is 5.91 Å². The standard InChI is InChI=1S/C23H24N4O5S/c28-21(26-12-10-25(11-13-26)17-4-2-1-3-5-17)15-24-22(29)16-6-9-19-20(14-16)33(31,32)27(23(19)30)18-7-8-18/h1-6,9,14,18H,7-8,10-13,15H2,(H,24,29). The zero-order valence-electron chi connectivity index (χ0n) is 17.9. The van der Waals surface area contributed by atoms with Crippen LogP contribution in [0.3, 0.4) is 0 Å². The summed E-state index contributed by atoms with van der Waals surface area (Å²) in [6, 6.07) is 13.7. The Morgan fingerprint density at radius 2 is 1.67 bits per heavy atom. The second-order valence-corrected chi connectivity index (χ2v) is 10.2. The largest absolute Gasteiger partial charge is 0.368 e. The van der Waals surface area contributed by atoms with E-state index in [0.717, 1.165) is 9.99 Å². The van der Waals surface area contributed by atoms with E-state index in [0.29, 0.717) is 39.0 Å². The molecule has 10 heteroatoms. The number of carbonyl (C=O) groups excluding carboxylic acids is 3. The van der Waals surface area contributed by atoms with E-state index in [1.807, 2.05) is 30.3 Å². The van der Waals surface area contributed by atoms with Crippen LogP contribution in [-0.2, 0) is 14.8 Å². The number of benzene rings is 2. The van der Waals surface area contributed by atoms with Gasteiger partial charge in [-0.15, -0.1) is 0 Å². The second kappa shape index (κ2) is 8.18. The Balaban J connectivity index is 1.19. The van der Waals surface area contributed by atoms with E-state index >= 15 is 0 Å². The van der Waals surface area contributed by atoms with Gasteiger partial charge in [-0.25, -0.2) is 12.7 Å². The van der Waals surface area contributed by atoms with E-state index in [9.17, 15) is 22.8 Å². The van der Waals surface area contributed by atoms with Crippen LogP contribution in [-0.4, -0.2) is 74.1 Å². The normalized spacial score (nSPS) is 19.4. The van der Waals surface area contributed by atoms with Gasteiger partial charge in [0.05, 0.1) is 12.1 Å². The molecule has 1 saturated heterocycles. The quantitative estimate of drug-likeness (QED) is 0.704. The van der Waals surface area contributed by atoms with Gasteiger partial charge in [0.1, 0.15) is 4.90 Å². The molecule has 2 fully saturated rings. The zero-order valence-corrected chi connectivity index (χ0v) is 18.8. The first-order valence-electron chi connectivity index (χ1n) is 10.9. The molecule has 0 spiro atoms. The number of carbonyl (C=O) groups is 3. The van der Waals surface area contributed by atoms with Crippen LogP contribution in [0.4, 0.5) is 5.69 Å². The predicted molar refractivity (Wildman–Crippen MR) is 120 cm³/mol. The van der Waals surface area contributed by atoms with E-state index in [2.05, 4.69) is 10.2 Å². The van der Waals surface area contributed by atoms with E-state index < -0.39 is 21.8 Å². The fourth-order valence-corrected chi connectivity index (χ4v) is 6.12. The number of nitrogens with zero attached hydrogens (tertiary/aromatic N) is 3. The Bertz CT molecular complexity index is 1220. The van der Waals surface area contributed by atoms with Crippen molar-refractivity contribution in [1.82, 2.24) is 14.5 Å². The number of fused-ring (bicyclic) bond motifs is 1. The van der Waals surface area contributed by atoms with Crippen molar-refractivity contribution in [3.8, 4) is 0 Å². The van der Waals surface area contributed by atoms with Gasteiger partial charge >= 0.3 is 0 Å². The van der Waals surface area contributed by atoms with Gasteiger partial charge in [0, 0.05) is 43.5 Å². The molecular weight excluding hydrogens is 444 g/mol. The minimum absolute atomic E-state index is 0.0887. The first-order valence-corrected chi connectivity index (χ1v) is 12.4. The van der Waals surface area contributed by atoms with E-state index in [1.54, 1.807) is 4.90 Å². The topological polar surface area (TPSA) is 107 Å². The molecule has 33 heavy (non-hydrogen) atoms. The summed E-state index contributed by atoms with van der Waals surface area (Å²) in [5.41, 5.74) is 1.30. The van der Waals surface area contributed by atoms with Crippen LogP contribution in [0, 0.1) is 0 Å². The van der Waals surface area contributed by atoms with Crippen molar-refractivity contribution in [2.75, 3.05) is 37.6 Å². The predicted octanol–water partition coefficient (Wildman–Crippen LogP) is 1.07. The molecule has 2 heterocycles. The van der Waals surface area contributed by atoms with Gasteiger partial charge in [-0.3, -0.25) is 14.4 Å². The average molecular weight is 469 g/mol. The Morgan fingerprint density at radius 3 is 2.33 bits per heavy atom. The molecule has 3 aliphatic rings. The monoisotopic (exact) mass is 468 g/mol. The molecule has 0 bridgehead atoms. The lowest BCUT2D eigenvalue weighted by Crippen LogP contribution is -2.51. The Morgan fingerprint density at radius 1 is 0.970 bits per heavy atom. The molecule has 0 unspecified atom stereocenters. The van der Waals surface area contributed by atoms with E-state index in [-0.39, 0.29) is 34.5 Å². The number of nitrogens with one attached hydrogen (secondary N) is 1. The average Bonchev–Trinajstić information content (AvgIpc) is 3.64. The van der Waals surface area contributed by atoms with Gasteiger partial charge in [-0.1, -0.05) is 18.2 Å². The highest BCUT2D eigenvalue weighted by atomic mass is 32.2. The maximum Gasteiger partial charge on any atom is 0.269 e. The van der Waals surface area contributed by atoms with Crippen molar-refractivity contribution < 1.29 is 22.8 Å². The van der Waals surface area contributed by atoms with Gasteiger partial charge in [0.15, 0.2) is 0 Å². The van der Waals surface area contributed by atoms with E-state index in [4.69, 9.17) is 0 Å². The lowest BCUT2D eigenvalue weighted by Gasteiger charge is -2.36. The molecule has 0 radical (unpaired) electrons. The SMILES string of the molecule is O=C(NCC(=O)N1CCN(c2ccccc2)CC1)c1ccc2c(c1)S(=O)(=O)N(C1CC1)C2=O. The molecule has 172 valence electrons. The highest BCUT2D eigenvalue weighted by Gasteiger charge is 2.48. The third-order valence-electron chi connectivity index (χ3n) is 6.24. The lowest BCUT2D eigenvalue weighted by molar-refractivity contribution is -0.130. The van der Waals surface area contributed by atoms with Crippen molar-refractivity contribution in [2.24, 2.45) is 0 Å². The Kier molecular flexibility index (Phi) is 5.32. The van der Waals surface area contributed by atoms with Crippen LogP contribution in [0.5, 0.6) is 0 Å². The number of amides is 3. The molecule has 9 nitrogen and oxygen atoms in total. The molecule has 0 atom stereocenters. The molecule has 0 aromatic heterocycles. The van der Waals surface area contributed by atoms with Crippen molar-refractivity contribution in [3.05, 3.63) is 59.7 Å². The number of hydrogen-bond acceptors (Lipinski definition) is 6. The summed E-state index contributed by atoms with van der Waals surface area (Å²) in [5, 5.41) is 2.58. The van der Waals surface area contributed by atoms with Crippen molar-refractivity contribution in [1.29, 1.82) is 0 Å². The van der Waals surface area contributed by atoms with Gasteiger partial charge in [-0.2, -0.15) is 0 Å². The summed E-state index contributed by atoms with van der Waals surface area (Å²) in [5.74, 6) is -1.29. The highest BCUT2D eigenvalue weighted by molar-refractivity contribution is 7.90. The van der Waals surface area contributed by atoms with Gasteiger partial charge < -0.3 is 15.1 Å². The highest BCUT2D eigenvalue weighted by Crippen LogP contribution is 2.39. The Labute approximate surface area is 192 Å². The number of para-hydroxylation sites is 1. The first-order chi connectivity index (χ1) is 15.9. The molecule has 1 N–H and O–H groups in total. The van der Waals surface area contributed by atoms with Crippen LogP contribution in [0.25, 0.3) is 0 Å². The fourth-order valence-electron chi connectivity index (χ4n) is 4.28. The summed E-state index contributed by atoms with van der Waals surface area (Å²) >= 11 is 0. The number of rotatable bonds is 5. The third-order valence-corrected chi connectivity index (χ3v) is 8.12. The maximum absolute atomic E-state index is 12.8. The number of anilines is 1. The molecule has 1 saturated carbocycles. The molecule has 2 aromatic carbocycles. The van der Waals surface area contributed by atoms with Crippen LogP contribution < -0.4 is 10.2 Å². The minimum Gasteiger partial charge on any atom is -0.368 e. The summed E-state index contributed by atoms with van der Waals surface area (Å²) in [7, 11) is -3.94. The van der Waals surface area contributed by atoms with Gasteiger partial charge in [-0.05, 0) is 43.2 Å². The number of piperazine rings is 1. The summed E-state index contributed by atoms with van der Waals surface area (Å²) in [6.07, 6.45) is 1.32. The summed E-state index contributed by atoms with van der Waals surface area (Å²) in [4.78, 5) is 41.4. The summed E-state index contributed by atoms with van der Waals surface area (Å²) in [6.45, 7) is 2.34. The Hall–Kier alpha value is -3.40. The third kappa shape index (κ3) is 3.95. The molecule has 2 aromatic rings.